The number of nitro groups is 1. The Morgan fingerprint density at radius 2 is 2.05 bits per heavy atom. The molecule has 1 heterocycles. The van der Waals surface area contributed by atoms with Gasteiger partial charge in [0.05, 0.1) is 17.2 Å². The number of benzene rings is 1. The number of hydrogen-bond acceptors (Lipinski definition) is 6. The lowest BCUT2D eigenvalue weighted by atomic mass is 10.1. The van der Waals surface area contributed by atoms with Crippen molar-refractivity contribution in [3.05, 3.63) is 52.5 Å². The fraction of sp³-hybridized carbons (Fsp3) is 0.154. The molecule has 0 fully saturated rings. The maximum Gasteiger partial charge on any atom is 0.341 e. The Bertz CT molecular complexity index is 640. The monoisotopic (exact) mass is 273 g/mol. The highest BCUT2D eigenvalue weighted by atomic mass is 16.6. The van der Waals surface area contributed by atoms with Crippen LogP contribution in [-0.4, -0.2) is 27.5 Å². The number of carbonyl (C=O) groups excluding carboxylic acids is 1. The molecule has 0 saturated carbocycles. The van der Waals surface area contributed by atoms with Crippen LogP contribution in [0.1, 0.15) is 17.3 Å². The molecular weight excluding hydrogens is 262 g/mol. The highest BCUT2D eigenvalue weighted by molar-refractivity contribution is 5.95. The summed E-state index contributed by atoms with van der Waals surface area (Å²) in [5, 5.41) is 10.6. The van der Waals surface area contributed by atoms with Gasteiger partial charge in [0.15, 0.2) is 0 Å². The largest absolute Gasteiger partial charge is 0.462 e. The summed E-state index contributed by atoms with van der Waals surface area (Å²) >= 11 is 0. The molecule has 102 valence electrons. The number of nitrogens with zero attached hydrogens (tertiary/aromatic N) is 3. The van der Waals surface area contributed by atoms with Gasteiger partial charge < -0.3 is 4.74 Å². The molecular formula is C13H11N3O4. The number of nitro benzene ring substituents is 1. The van der Waals surface area contributed by atoms with Crippen molar-refractivity contribution in [2.45, 2.75) is 6.92 Å². The minimum Gasteiger partial charge on any atom is -0.462 e. The zero-order valence-corrected chi connectivity index (χ0v) is 10.6. The molecule has 0 N–H and O–H groups in total. The fourth-order valence-corrected chi connectivity index (χ4v) is 1.66. The van der Waals surface area contributed by atoms with Crippen LogP contribution in [0.15, 0.2) is 36.8 Å². The minimum atomic E-state index is -0.526. The van der Waals surface area contributed by atoms with Crippen molar-refractivity contribution < 1.29 is 14.5 Å². The summed E-state index contributed by atoms with van der Waals surface area (Å²) in [6.07, 6.45) is 2.67. The molecule has 7 nitrogen and oxygen atoms in total. The molecule has 0 aliphatic carbocycles. The quantitative estimate of drug-likeness (QED) is 0.481. The Hall–Kier alpha value is -2.83. The van der Waals surface area contributed by atoms with Crippen LogP contribution in [-0.2, 0) is 4.74 Å². The van der Waals surface area contributed by atoms with Gasteiger partial charge in [-0.2, -0.15) is 0 Å². The molecule has 0 spiro atoms. The molecule has 0 radical (unpaired) electrons. The van der Waals surface area contributed by atoms with Gasteiger partial charge in [-0.3, -0.25) is 10.1 Å². The maximum atomic E-state index is 11.8. The average Bonchev–Trinajstić information content (AvgIpc) is 2.47. The smallest absolute Gasteiger partial charge is 0.341 e. The predicted octanol–water partition coefficient (Wildman–Crippen LogP) is 2.23. The maximum absolute atomic E-state index is 11.8. The molecule has 0 amide bonds. The Labute approximate surface area is 114 Å². The normalized spacial score (nSPS) is 10.1. The van der Waals surface area contributed by atoms with Crippen molar-refractivity contribution in [2.75, 3.05) is 6.61 Å². The zero-order valence-electron chi connectivity index (χ0n) is 10.6. The number of hydrogen-bond donors (Lipinski definition) is 0. The van der Waals surface area contributed by atoms with E-state index in [1.165, 1.54) is 36.8 Å². The predicted molar refractivity (Wildman–Crippen MR) is 70.1 cm³/mol. The first-order valence-electron chi connectivity index (χ1n) is 5.85. The van der Waals surface area contributed by atoms with E-state index in [1.807, 2.05) is 0 Å². The Morgan fingerprint density at radius 3 is 2.65 bits per heavy atom. The summed E-state index contributed by atoms with van der Waals surface area (Å²) in [6.45, 7) is 1.95. The van der Waals surface area contributed by atoms with Gasteiger partial charge in [-0.1, -0.05) is 0 Å². The molecule has 2 aromatic rings. The SMILES string of the molecule is CCOC(=O)c1cncnc1-c1ccc([N+](=O)[O-])cc1. The third-order valence-corrected chi connectivity index (χ3v) is 2.56. The van der Waals surface area contributed by atoms with E-state index in [1.54, 1.807) is 6.92 Å². The van der Waals surface area contributed by atoms with Crippen LogP contribution in [0.5, 0.6) is 0 Å². The Morgan fingerprint density at radius 1 is 1.35 bits per heavy atom. The van der Waals surface area contributed by atoms with E-state index >= 15 is 0 Å². The fourth-order valence-electron chi connectivity index (χ4n) is 1.66. The standard InChI is InChI=1S/C13H11N3O4/c1-2-20-13(17)11-7-14-8-15-12(11)9-3-5-10(6-4-9)16(18)19/h3-8H,2H2,1H3. The second-order valence-electron chi connectivity index (χ2n) is 3.81. The van der Waals surface area contributed by atoms with Crippen LogP contribution in [0.4, 0.5) is 5.69 Å². The summed E-state index contributed by atoms with van der Waals surface area (Å²) in [5.74, 6) is -0.526. The highest BCUT2D eigenvalue weighted by Gasteiger charge is 2.16. The molecule has 0 aliphatic heterocycles. The van der Waals surface area contributed by atoms with E-state index in [4.69, 9.17) is 4.74 Å². The van der Waals surface area contributed by atoms with E-state index in [-0.39, 0.29) is 17.9 Å². The molecule has 0 aliphatic rings. The van der Waals surface area contributed by atoms with Crippen LogP contribution in [0.2, 0.25) is 0 Å². The topological polar surface area (TPSA) is 95.2 Å². The second-order valence-corrected chi connectivity index (χ2v) is 3.81. The van der Waals surface area contributed by atoms with E-state index in [0.29, 0.717) is 11.3 Å². The third-order valence-electron chi connectivity index (χ3n) is 2.56. The Kier molecular flexibility index (Phi) is 3.99. The van der Waals surface area contributed by atoms with Gasteiger partial charge in [-0.05, 0) is 19.1 Å². The van der Waals surface area contributed by atoms with Crippen LogP contribution < -0.4 is 0 Å². The highest BCUT2D eigenvalue weighted by Crippen LogP contribution is 2.23. The second kappa shape index (κ2) is 5.87. The number of aromatic nitrogens is 2. The van der Waals surface area contributed by atoms with Crippen LogP contribution in [0.3, 0.4) is 0 Å². The molecule has 1 aromatic heterocycles. The van der Waals surface area contributed by atoms with Gasteiger partial charge in [-0.25, -0.2) is 14.8 Å². The first-order valence-corrected chi connectivity index (χ1v) is 5.85. The number of rotatable bonds is 4. The van der Waals surface area contributed by atoms with Crippen LogP contribution >= 0.6 is 0 Å². The molecule has 0 bridgehead atoms. The molecule has 7 heteroatoms. The lowest BCUT2D eigenvalue weighted by Crippen LogP contribution is -2.08. The van der Waals surface area contributed by atoms with E-state index in [9.17, 15) is 14.9 Å². The number of esters is 1. The molecule has 0 saturated heterocycles. The van der Waals surface area contributed by atoms with Crippen molar-refractivity contribution in [1.82, 2.24) is 9.97 Å². The first-order chi connectivity index (χ1) is 9.63. The lowest BCUT2D eigenvalue weighted by Gasteiger charge is -2.07. The minimum absolute atomic E-state index is 0.0273. The summed E-state index contributed by atoms with van der Waals surface area (Å²) in [4.78, 5) is 29.8. The van der Waals surface area contributed by atoms with E-state index < -0.39 is 10.9 Å². The average molecular weight is 273 g/mol. The summed E-state index contributed by atoms with van der Waals surface area (Å²) < 4.78 is 4.92. The molecule has 0 unspecified atom stereocenters. The van der Waals surface area contributed by atoms with Gasteiger partial charge in [-0.15, -0.1) is 0 Å². The summed E-state index contributed by atoms with van der Waals surface area (Å²) in [7, 11) is 0. The van der Waals surface area contributed by atoms with Gasteiger partial charge in [0.25, 0.3) is 5.69 Å². The lowest BCUT2D eigenvalue weighted by molar-refractivity contribution is -0.384. The van der Waals surface area contributed by atoms with Crippen LogP contribution in [0, 0.1) is 10.1 Å². The number of carbonyl (C=O) groups is 1. The van der Waals surface area contributed by atoms with E-state index in [0.717, 1.165) is 0 Å². The van der Waals surface area contributed by atoms with Gasteiger partial charge in [0, 0.05) is 23.9 Å². The molecule has 0 atom stereocenters. The van der Waals surface area contributed by atoms with Crippen molar-refractivity contribution in [3.8, 4) is 11.3 Å². The van der Waals surface area contributed by atoms with Gasteiger partial charge in [0.2, 0.25) is 0 Å². The van der Waals surface area contributed by atoms with Crippen molar-refractivity contribution in [3.63, 3.8) is 0 Å². The van der Waals surface area contributed by atoms with E-state index in [2.05, 4.69) is 9.97 Å². The van der Waals surface area contributed by atoms with Crippen LogP contribution in [0.25, 0.3) is 11.3 Å². The van der Waals surface area contributed by atoms with Crippen molar-refractivity contribution >= 4 is 11.7 Å². The van der Waals surface area contributed by atoms with Crippen molar-refractivity contribution in [1.29, 1.82) is 0 Å². The molecule has 20 heavy (non-hydrogen) atoms. The Balaban J connectivity index is 2.42. The van der Waals surface area contributed by atoms with Crippen molar-refractivity contribution in [2.24, 2.45) is 0 Å². The number of ether oxygens (including phenoxy) is 1. The molecule has 1 aromatic carbocycles. The van der Waals surface area contributed by atoms with Gasteiger partial charge in [0.1, 0.15) is 11.9 Å². The summed E-state index contributed by atoms with van der Waals surface area (Å²) in [5.41, 5.74) is 1.16. The molecule has 2 rings (SSSR count). The zero-order chi connectivity index (χ0) is 14.5. The third kappa shape index (κ3) is 2.77. The number of non-ortho nitro benzene ring substituents is 1. The summed E-state index contributed by atoms with van der Waals surface area (Å²) in [6, 6.07) is 5.77. The first kappa shape index (κ1) is 13.6. The van der Waals surface area contributed by atoms with Gasteiger partial charge >= 0.3 is 5.97 Å².